The van der Waals surface area contributed by atoms with Crippen molar-refractivity contribution in [3.8, 4) is 11.5 Å². The Balaban J connectivity index is 1.66. The van der Waals surface area contributed by atoms with Gasteiger partial charge < -0.3 is 24.6 Å². The van der Waals surface area contributed by atoms with Crippen molar-refractivity contribution in [1.82, 2.24) is 15.5 Å². The molecule has 0 aliphatic rings. The van der Waals surface area contributed by atoms with Crippen molar-refractivity contribution in [2.75, 3.05) is 11.9 Å². The van der Waals surface area contributed by atoms with Gasteiger partial charge in [0, 0.05) is 11.3 Å². The van der Waals surface area contributed by atoms with Gasteiger partial charge in [-0.15, -0.1) is 10.2 Å². The molecule has 0 aliphatic carbocycles. The first-order chi connectivity index (χ1) is 12.0. The highest BCUT2D eigenvalue weighted by Crippen LogP contribution is 2.24. The number of aromatic nitrogens is 2. The van der Waals surface area contributed by atoms with E-state index in [0.29, 0.717) is 22.9 Å². The van der Waals surface area contributed by atoms with Gasteiger partial charge in [0.2, 0.25) is 12.3 Å². The molecule has 0 bridgehead atoms. The van der Waals surface area contributed by atoms with Crippen LogP contribution in [-0.2, 0) is 5.60 Å². The molecule has 8 heteroatoms. The number of aryl methyl sites for hydroxylation is 1. The van der Waals surface area contributed by atoms with Gasteiger partial charge >= 0.3 is 6.03 Å². The molecule has 0 spiro atoms. The zero-order valence-corrected chi connectivity index (χ0v) is 13.8. The largest absolute Gasteiger partial charge is 0.466 e. The van der Waals surface area contributed by atoms with E-state index in [4.69, 9.17) is 8.83 Å². The predicted octanol–water partition coefficient (Wildman–Crippen LogP) is 2.67. The maximum absolute atomic E-state index is 12.2. The molecule has 3 rings (SSSR count). The van der Waals surface area contributed by atoms with E-state index >= 15 is 0 Å². The van der Waals surface area contributed by atoms with Crippen LogP contribution in [0.4, 0.5) is 10.5 Å². The third-order valence-corrected chi connectivity index (χ3v) is 3.74. The molecule has 1 aromatic carbocycles. The number of hydrogen-bond donors (Lipinski definition) is 3. The van der Waals surface area contributed by atoms with Gasteiger partial charge in [0.1, 0.15) is 11.4 Å². The van der Waals surface area contributed by atoms with Crippen LogP contribution in [0, 0.1) is 6.92 Å². The van der Waals surface area contributed by atoms with Crippen LogP contribution >= 0.6 is 0 Å². The molecule has 2 amide bonds. The van der Waals surface area contributed by atoms with Gasteiger partial charge in [0.15, 0.2) is 0 Å². The van der Waals surface area contributed by atoms with Gasteiger partial charge in [0.05, 0.1) is 12.8 Å². The van der Waals surface area contributed by atoms with Crippen molar-refractivity contribution in [3.05, 3.63) is 54.3 Å². The highest BCUT2D eigenvalue weighted by molar-refractivity contribution is 5.90. The number of nitrogens with one attached hydrogen (secondary N) is 2. The Hall–Kier alpha value is -3.13. The number of carbonyl (C=O) groups excluding carboxylic acids is 1. The Labute approximate surface area is 143 Å². The van der Waals surface area contributed by atoms with E-state index in [9.17, 15) is 9.90 Å². The summed E-state index contributed by atoms with van der Waals surface area (Å²) in [6.45, 7) is 3.43. The molecule has 3 aromatic rings. The summed E-state index contributed by atoms with van der Waals surface area (Å²) in [7, 11) is 0. The molecule has 2 aromatic heterocycles. The normalized spacial score (nSPS) is 13.2. The maximum Gasteiger partial charge on any atom is 0.319 e. The number of urea groups is 1. The lowest BCUT2D eigenvalue weighted by molar-refractivity contribution is 0.0372. The quantitative estimate of drug-likeness (QED) is 0.657. The summed E-state index contributed by atoms with van der Waals surface area (Å²) < 4.78 is 10.3. The van der Waals surface area contributed by atoms with E-state index in [1.54, 1.807) is 25.1 Å². The van der Waals surface area contributed by atoms with Crippen LogP contribution in [0.15, 0.2) is 51.8 Å². The molecule has 3 N–H and O–H groups in total. The number of benzene rings is 1. The van der Waals surface area contributed by atoms with Crippen LogP contribution in [-0.4, -0.2) is 27.9 Å². The molecule has 0 saturated heterocycles. The van der Waals surface area contributed by atoms with Gasteiger partial charge in [-0.1, -0.05) is 6.07 Å². The van der Waals surface area contributed by atoms with E-state index < -0.39 is 11.6 Å². The first kappa shape index (κ1) is 16.7. The summed E-state index contributed by atoms with van der Waals surface area (Å²) in [5.41, 5.74) is 0.865. The monoisotopic (exact) mass is 342 g/mol. The fourth-order valence-corrected chi connectivity index (χ4v) is 2.28. The molecule has 8 nitrogen and oxygen atoms in total. The molecule has 0 fully saturated rings. The Morgan fingerprint density at radius 3 is 2.84 bits per heavy atom. The number of nitrogens with zero attached hydrogens (tertiary/aromatic N) is 2. The minimum Gasteiger partial charge on any atom is -0.466 e. The highest BCUT2D eigenvalue weighted by Gasteiger charge is 2.26. The Kier molecular flexibility index (Phi) is 4.53. The summed E-state index contributed by atoms with van der Waals surface area (Å²) in [6, 6.07) is 8.29. The molecule has 2 heterocycles. The minimum absolute atomic E-state index is 0.00521. The van der Waals surface area contributed by atoms with Crippen molar-refractivity contribution < 1.29 is 18.7 Å². The van der Waals surface area contributed by atoms with Crippen LogP contribution in [0.2, 0.25) is 0 Å². The number of hydrogen-bond acceptors (Lipinski definition) is 6. The Morgan fingerprint density at radius 2 is 2.16 bits per heavy atom. The van der Waals surface area contributed by atoms with E-state index in [1.807, 2.05) is 19.1 Å². The number of aliphatic hydroxyl groups is 1. The van der Waals surface area contributed by atoms with E-state index in [-0.39, 0.29) is 6.54 Å². The van der Waals surface area contributed by atoms with Gasteiger partial charge in [-0.05, 0) is 43.7 Å². The lowest BCUT2D eigenvalue weighted by Gasteiger charge is -2.21. The lowest BCUT2D eigenvalue weighted by atomic mass is 10.0. The second-order valence-corrected chi connectivity index (χ2v) is 5.83. The maximum atomic E-state index is 12.2. The summed E-state index contributed by atoms with van der Waals surface area (Å²) in [5, 5.41) is 23.2. The van der Waals surface area contributed by atoms with Crippen molar-refractivity contribution >= 4 is 11.7 Å². The summed E-state index contributed by atoms with van der Waals surface area (Å²) in [4.78, 5) is 12.2. The molecule has 0 aliphatic heterocycles. The fourth-order valence-electron chi connectivity index (χ4n) is 2.28. The van der Waals surface area contributed by atoms with Crippen molar-refractivity contribution in [1.29, 1.82) is 0 Å². The van der Waals surface area contributed by atoms with Gasteiger partial charge in [-0.3, -0.25) is 0 Å². The smallest absolute Gasteiger partial charge is 0.319 e. The molecule has 25 heavy (non-hydrogen) atoms. The highest BCUT2D eigenvalue weighted by atomic mass is 16.4. The van der Waals surface area contributed by atoms with Gasteiger partial charge in [-0.2, -0.15) is 0 Å². The number of amides is 2. The van der Waals surface area contributed by atoms with Gasteiger partial charge in [-0.25, -0.2) is 4.79 Å². The summed E-state index contributed by atoms with van der Waals surface area (Å²) in [6.07, 6.45) is 2.71. The predicted molar refractivity (Wildman–Crippen MR) is 89.8 cm³/mol. The molecular weight excluding hydrogens is 324 g/mol. The Morgan fingerprint density at radius 1 is 1.32 bits per heavy atom. The Bertz CT molecular complexity index is 842. The topological polar surface area (TPSA) is 113 Å². The SMILES string of the molecule is Cc1ccc(-c2nnco2)cc1NC(=O)NC[C@](C)(O)c1ccco1. The van der Waals surface area contributed by atoms with E-state index in [0.717, 1.165) is 5.56 Å². The number of furan rings is 1. The van der Waals surface area contributed by atoms with E-state index in [1.165, 1.54) is 12.7 Å². The standard InChI is InChI=1S/C17H18N4O4/c1-11-5-6-12(15-21-19-10-25-15)8-13(11)20-16(22)18-9-17(2,23)14-4-3-7-24-14/h3-8,10,23H,9H2,1-2H3,(H2,18,20,22)/t17-/m0/s1. The number of carbonyl (C=O) groups is 1. The second kappa shape index (κ2) is 6.78. The number of rotatable bonds is 5. The molecule has 0 radical (unpaired) electrons. The zero-order chi connectivity index (χ0) is 17.9. The number of anilines is 1. The first-order valence-corrected chi connectivity index (χ1v) is 7.64. The molecule has 130 valence electrons. The van der Waals surface area contributed by atoms with Crippen LogP contribution in [0.5, 0.6) is 0 Å². The average Bonchev–Trinajstić information content (AvgIpc) is 3.29. The zero-order valence-electron chi connectivity index (χ0n) is 13.8. The third-order valence-electron chi connectivity index (χ3n) is 3.74. The average molecular weight is 342 g/mol. The van der Waals surface area contributed by atoms with Crippen molar-refractivity contribution in [2.24, 2.45) is 0 Å². The van der Waals surface area contributed by atoms with E-state index in [2.05, 4.69) is 20.8 Å². The summed E-state index contributed by atoms with van der Waals surface area (Å²) >= 11 is 0. The van der Waals surface area contributed by atoms with Crippen LogP contribution in [0.1, 0.15) is 18.2 Å². The van der Waals surface area contributed by atoms with Crippen molar-refractivity contribution in [2.45, 2.75) is 19.4 Å². The molecule has 0 unspecified atom stereocenters. The minimum atomic E-state index is -1.30. The fraction of sp³-hybridized carbons (Fsp3) is 0.235. The molecule has 1 atom stereocenters. The summed E-state index contributed by atoms with van der Waals surface area (Å²) in [5.74, 6) is 0.742. The van der Waals surface area contributed by atoms with Gasteiger partial charge in [0.25, 0.3) is 0 Å². The van der Waals surface area contributed by atoms with Crippen LogP contribution in [0.3, 0.4) is 0 Å². The van der Waals surface area contributed by atoms with Crippen LogP contribution < -0.4 is 10.6 Å². The third kappa shape index (κ3) is 3.86. The first-order valence-electron chi connectivity index (χ1n) is 7.64. The second-order valence-electron chi connectivity index (χ2n) is 5.83. The molecule has 0 saturated carbocycles. The lowest BCUT2D eigenvalue weighted by Crippen LogP contribution is -2.40. The van der Waals surface area contributed by atoms with Crippen LogP contribution in [0.25, 0.3) is 11.5 Å². The molecular formula is C17H18N4O4. The van der Waals surface area contributed by atoms with Crippen molar-refractivity contribution in [3.63, 3.8) is 0 Å².